The Morgan fingerprint density at radius 1 is 1.61 bits per heavy atom. The maximum atomic E-state index is 11.0. The highest BCUT2D eigenvalue weighted by molar-refractivity contribution is 7.98. The molecule has 6 nitrogen and oxygen atoms in total. The zero-order valence-corrected chi connectivity index (χ0v) is 12.0. The van der Waals surface area contributed by atoms with Crippen molar-refractivity contribution in [2.75, 3.05) is 24.0 Å². The van der Waals surface area contributed by atoms with E-state index in [9.17, 15) is 10.1 Å². The first-order valence-electron chi connectivity index (χ1n) is 5.39. The number of aromatic nitrogens is 2. The summed E-state index contributed by atoms with van der Waals surface area (Å²) in [7, 11) is 1.79. The lowest BCUT2D eigenvalue weighted by Crippen LogP contribution is -2.34. The fourth-order valence-corrected chi connectivity index (χ4v) is 2.67. The van der Waals surface area contributed by atoms with Crippen LogP contribution >= 0.6 is 23.4 Å². The smallest absolute Gasteiger partial charge is 0.348 e. The summed E-state index contributed by atoms with van der Waals surface area (Å²) in [6.07, 6.45) is 4.11. The van der Waals surface area contributed by atoms with Crippen LogP contribution in [0.25, 0.3) is 0 Å². The van der Waals surface area contributed by atoms with Gasteiger partial charge in [0.05, 0.1) is 4.92 Å². The van der Waals surface area contributed by atoms with Crippen LogP contribution in [0.4, 0.5) is 11.5 Å². The quantitative estimate of drug-likeness (QED) is 0.455. The summed E-state index contributed by atoms with van der Waals surface area (Å²) in [5.41, 5.74) is -0.235. The fraction of sp³-hybridized carbons (Fsp3) is 0.600. The Hall–Kier alpha value is -1.08. The number of hydrogen-bond acceptors (Lipinski definition) is 6. The molecular weight excluding hydrogens is 276 g/mol. The predicted octanol–water partition coefficient (Wildman–Crippen LogP) is 2.62. The number of rotatable bonds is 6. The lowest BCUT2D eigenvalue weighted by Gasteiger charge is -2.27. The summed E-state index contributed by atoms with van der Waals surface area (Å²) >= 11 is 7.46. The molecule has 1 heterocycles. The van der Waals surface area contributed by atoms with Crippen molar-refractivity contribution in [1.82, 2.24) is 9.97 Å². The van der Waals surface area contributed by atoms with Crippen LogP contribution in [0.15, 0.2) is 6.33 Å². The third-order valence-corrected chi connectivity index (χ3v) is 3.65. The third-order valence-electron chi connectivity index (χ3n) is 2.65. The van der Waals surface area contributed by atoms with Gasteiger partial charge in [-0.25, -0.2) is 9.97 Å². The highest BCUT2D eigenvalue weighted by Gasteiger charge is 2.27. The van der Waals surface area contributed by atoms with E-state index < -0.39 is 4.92 Å². The van der Waals surface area contributed by atoms with E-state index in [0.717, 1.165) is 12.2 Å². The van der Waals surface area contributed by atoms with Gasteiger partial charge in [-0.15, -0.1) is 0 Å². The number of nitro groups is 1. The van der Waals surface area contributed by atoms with Crippen LogP contribution in [0.1, 0.15) is 13.3 Å². The summed E-state index contributed by atoms with van der Waals surface area (Å²) in [5, 5.41) is 10.9. The Morgan fingerprint density at radius 2 is 2.28 bits per heavy atom. The fourth-order valence-electron chi connectivity index (χ4n) is 1.63. The van der Waals surface area contributed by atoms with Gasteiger partial charge in [-0.2, -0.15) is 11.8 Å². The Bertz CT molecular complexity index is 432. The summed E-state index contributed by atoms with van der Waals surface area (Å²) < 4.78 is 0. The topological polar surface area (TPSA) is 72.2 Å². The number of thioether (sulfide) groups is 1. The largest absolute Gasteiger partial charge is 0.350 e. The first-order chi connectivity index (χ1) is 8.52. The van der Waals surface area contributed by atoms with Gasteiger partial charge in [0, 0.05) is 18.8 Å². The Morgan fingerprint density at radius 3 is 2.78 bits per heavy atom. The van der Waals surface area contributed by atoms with Gasteiger partial charge < -0.3 is 4.90 Å². The second kappa shape index (κ2) is 6.75. The van der Waals surface area contributed by atoms with E-state index in [-0.39, 0.29) is 22.7 Å². The normalized spacial score (nSPS) is 12.2. The molecule has 0 saturated carbocycles. The zero-order valence-electron chi connectivity index (χ0n) is 10.5. The number of hydrogen-bond donors (Lipinski definition) is 0. The molecule has 0 aliphatic carbocycles. The van der Waals surface area contributed by atoms with Crippen molar-refractivity contribution >= 4 is 34.9 Å². The molecule has 0 saturated heterocycles. The standard InChI is InChI=1S/C10H15ClN4O2S/c1-4-7(5-18-3)14(2)10-8(15(16)17)9(11)12-6-13-10/h6-7H,4-5H2,1-3H3. The van der Waals surface area contributed by atoms with Crippen molar-refractivity contribution in [3.63, 3.8) is 0 Å². The van der Waals surface area contributed by atoms with E-state index in [0.29, 0.717) is 0 Å². The molecule has 1 unspecified atom stereocenters. The average Bonchev–Trinajstić information content (AvgIpc) is 2.34. The highest BCUT2D eigenvalue weighted by atomic mass is 35.5. The summed E-state index contributed by atoms with van der Waals surface area (Å²) in [4.78, 5) is 19.9. The maximum Gasteiger partial charge on any atom is 0.348 e. The van der Waals surface area contributed by atoms with Gasteiger partial charge in [-0.1, -0.05) is 18.5 Å². The minimum Gasteiger partial charge on any atom is -0.350 e. The molecular formula is C10H15ClN4O2S. The molecule has 0 fully saturated rings. The molecule has 1 aromatic heterocycles. The van der Waals surface area contributed by atoms with Crippen LogP contribution in [0.2, 0.25) is 5.15 Å². The van der Waals surface area contributed by atoms with Crippen molar-refractivity contribution in [1.29, 1.82) is 0 Å². The van der Waals surface area contributed by atoms with Crippen LogP contribution in [-0.2, 0) is 0 Å². The van der Waals surface area contributed by atoms with Crippen LogP contribution < -0.4 is 4.90 Å². The zero-order chi connectivity index (χ0) is 13.7. The van der Waals surface area contributed by atoms with Gasteiger partial charge in [0.2, 0.25) is 11.0 Å². The summed E-state index contributed by atoms with van der Waals surface area (Å²) in [5.74, 6) is 1.13. The summed E-state index contributed by atoms with van der Waals surface area (Å²) in [6.45, 7) is 2.03. The minimum absolute atomic E-state index is 0.129. The van der Waals surface area contributed by atoms with E-state index in [1.807, 2.05) is 13.2 Å². The van der Waals surface area contributed by atoms with Crippen LogP contribution in [0, 0.1) is 10.1 Å². The van der Waals surface area contributed by atoms with Crippen molar-refractivity contribution in [3.8, 4) is 0 Å². The molecule has 1 aromatic rings. The van der Waals surface area contributed by atoms with Crippen molar-refractivity contribution in [3.05, 3.63) is 21.6 Å². The van der Waals surface area contributed by atoms with E-state index in [4.69, 9.17) is 11.6 Å². The molecule has 0 aromatic carbocycles. The molecule has 0 aliphatic rings. The van der Waals surface area contributed by atoms with Crippen molar-refractivity contribution in [2.45, 2.75) is 19.4 Å². The SMILES string of the molecule is CCC(CSC)N(C)c1ncnc(Cl)c1[N+](=O)[O-]. The first kappa shape index (κ1) is 15.0. The van der Waals surface area contributed by atoms with E-state index in [1.54, 1.807) is 23.7 Å². The van der Waals surface area contributed by atoms with Crippen molar-refractivity contribution in [2.24, 2.45) is 0 Å². The maximum absolute atomic E-state index is 11.0. The van der Waals surface area contributed by atoms with Gasteiger partial charge >= 0.3 is 5.69 Å². The van der Waals surface area contributed by atoms with Crippen LogP contribution in [0.5, 0.6) is 0 Å². The third kappa shape index (κ3) is 3.23. The number of nitrogens with zero attached hydrogens (tertiary/aromatic N) is 4. The van der Waals surface area contributed by atoms with Gasteiger partial charge in [0.15, 0.2) is 0 Å². The highest BCUT2D eigenvalue weighted by Crippen LogP contribution is 2.32. The van der Waals surface area contributed by atoms with Gasteiger partial charge in [-0.05, 0) is 12.7 Å². The minimum atomic E-state index is -0.542. The van der Waals surface area contributed by atoms with Crippen molar-refractivity contribution < 1.29 is 4.92 Å². The monoisotopic (exact) mass is 290 g/mol. The van der Waals surface area contributed by atoms with Gasteiger partial charge in [-0.3, -0.25) is 10.1 Å². The molecule has 0 aliphatic heterocycles. The second-order valence-electron chi connectivity index (χ2n) is 3.72. The first-order valence-corrected chi connectivity index (χ1v) is 7.16. The Kier molecular flexibility index (Phi) is 5.61. The van der Waals surface area contributed by atoms with E-state index >= 15 is 0 Å². The Balaban J connectivity index is 3.15. The lowest BCUT2D eigenvalue weighted by atomic mass is 10.2. The van der Waals surface area contributed by atoms with Crippen LogP contribution in [0.3, 0.4) is 0 Å². The molecule has 1 atom stereocenters. The second-order valence-corrected chi connectivity index (χ2v) is 4.99. The lowest BCUT2D eigenvalue weighted by molar-refractivity contribution is -0.384. The predicted molar refractivity (Wildman–Crippen MR) is 74.6 cm³/mol. The molecule has 0 amide bonds. The molecule has 0 N–H and O–H groups in total. The molecule has 0 bridgehead atoms. The number of halogens is 1. The molecule has 100 valence electrons. The average molecular weight is 291 g/mol. The number of anilines is 1. The molecule has 18 heavy (non-hydrogen) atoms. The van der Waals surface area contributed by atoms with E-state index in [1.165, 1.54) is 6.33 Å². The van der Waals surface area contributed by atoms with Gasteiger partial charge in [0.1, 0.15) is 6.33 Å². The van der Waals surface area contributed by atoms with Gasteiger partial charge in [0.25, 0.3) is 0 Å². The summed E-state index contributed by atoms with van der Waals surface area (Å²) in [6, 6.07) is 0.171. The molecule has 0 spiro atoms. The molecule has 0 radical (unpaired) electrons. The van der Waals surface area contributed by atoms with E-state index in [2.05, 4.69) is 9.97 Å². The molecule has 8 heteroatoms. The Labute approximate surface area is 115 Å². The molecule has 1 rings (SSSR count). The van der Waals surface area contributed by atoms with Crippen LogP contribution in [-0.4, -0.2) is 40.0 Å².